The lowest BCUT2D eigenvalue weighted by Crippen LogP contribution is -2.39. The molecule has 1 aromatic rings. The molecule has 3 nitrogen and oxygen atoms in total. The van der Waals surface area contributed by atoms with E-state index in [1.54, 1.807) is 0 Å². The van der Waals surface area contributed by atoms with Crippen molar-refractivity contribution in [3.8, 4) is 0 Å². The van der Waals surface area contributed by atoms with E-state index in [2.05, 4.69) is 28.9 Å². The van der Waals surface area contributed by atoms with Crippen LogP contribution in [0.1, 0.15) is 26.7 Å². The topological polar surface area (TPSA) is 31.9 Å². The molecule has 1 aliphatic rings. The maximum Gasteiger partial charge on any atom is 0.0749 e. The van der Waals surface area contributed by atoms with Crippen LogP contribution in [0.4, 0.5) is 5.69 Å². The zero-order valence-corrected chi connectivity index (χ0v) is 8.38. The number of piperidine rings is 1. The van der Waals surface area contributed by atoms with Crippen molar-refractivity contribution in [2.75, 3.05) is 18.0 Å². The van der Waals surface area contributed by atoms with Crippen LogP contribution >= 0.6 is 0 Å². The standard InChI is InChI=1S/C10H17N3/c1-10(2)4-3-5-13(8-10)9-6-11-12-7-9/h6-7H,3-5,8H2,1-2H3,(H,11,12). The zero-order chi connectivity index (χ0) is 9.31. The minimum Gasteiger partial charge on any atom is -0.368 e. The summed E-state index contributed by atoms with van der Waals surface area (Å²) in [4.78, 5) is 2.41. The molecule has 0 bridgehead atoms. The lowest BCUT2D eigenvalue weighted by Gasteiger charge is -2.38. The predicted molar refractivity (Wildman–Crippen MR) is 53.8 cm³/mol. The first-order valence-electron chi connectivity index (χ1n) is 4.91. The molecule has 72 valence electrons. The summed E-state index contributed by atoms with van der Waals surface area (Å²) in [6.45, 7) is 6.98. The van der Waals surface area contributed by atoms with Gasteiger partial charge in [-0.15, -0.1) is 0 Å². The van der Waals surface area contributed by atoms with Crippen molar-refractivity contribution < 1.29 is 0 Å². The fourth-order valence-corrected chi connectivity index (χ4v) is 2.06. The van der Waals surface area contributed by atoms with Gasteiger partial charge in [0.05, 0.1) is 11.9 Å². The lowest BCUT2D eigenvalue weighted by atomic mass is 9.84. The normalized spacial score (nSPS) is 21.8. The van der Waals surface area contributed by atoms with Crippen molar-refractivity contribution in [1.82, 2.24) is 10.2 Å². The van der Waals surface area contributed by atoms with Crippen LogP contribution in [0.5, 0.6) is 0 Å². The van der Waals surface area contributed by atoms with Gasteiger partial charge in [-0.05, 0) is 18.3 Å². The summed E-state index contributed by atoms with van der Waals surface area (Å²) < 4.78 is 0. The van der Waals surface area contributed by atoms with Gasteiger partial charge in [-0.2, -0.15) is 5.10 Å². The molecule has 0 amide bonds. The summed E-state index contributed by atoms with van der Waals surface area (Å²) >= 11 is 0. The Morgan fingerprint density at radius 3 is 3.00 bits per heavy atom. The first kappa shape index (κ1) is 8.60. The van der Waals surface area contributed by atoms with Gasteiger partial charge in [-0.25, -0.2) is 0 Å². The fourth-order valence-electron chi connectivity index (χ4n) is 2.06. The van der Waals surface area contributed by atoms with Gasteiger partial charge in [-0.3, -0.25) is 5.10 Å². The third kappa shape index (κ3) is 1.85. The van der Waals surface area contributed by atoms with Crippen LogP contribution in [0.25, 0.3) is 0 Å². The highest BCUT2D eigenvalue weighted by Crippen LogP contribution is 2.30. The first-order valence-corrected chi connectivity index (χ1v) is 4.91. The Balaban J connectivity index is 2.09. The number of nitrogens with zero attached hydrogens (tertiary/aromatic N) is 2. The maximum atomic E-state index is 3.98. The van der Waals surface area contributed by atoms with Crippen LogP contribution in [-0.4, -0.2) is 23.3 Å². The molecule has 0 aromatic carbocycles. The number of aromatic amines is 1. The Labute approximate surface area is 79.1 Å². The van der Waals surface area contributed by atoms with E-state index < -0.39 is 0 Å². The number of hydrogen-bond donors (Lipinski definition) is 1. The van der Waals surface area contributed by atoms with Crippen LogP contribution in [0.3, 0.4) is 0 Å². The fraction of sp³-hybridized carbons (Fsp3) is 0.700. The molecule has 13 heavy (non-hydrogen) atoms. The van der Waals surface area contributed by atoms with E-state index >= 15 is 0 Å². The second-order valence-corrected chi connectivity index (χ2v) is 4.65. The molecule has 0 atom stereocenters. The van der Waals surface area contributed by atoms with Gasteiger partial charge in [0.1, 0.15) is 0 Å². The van der Waals surface area contributed by atoms with Crippen LogP contribution < -0.4 is 4.90 Å². The van der Waals surface area contributed by atoms with Crippen LogP contribution in [-0.2, 0) is 0 Å². The number of anilines is 1. The molecule has 1 saturated heterocycles. The van der Waals surface area contributed by atoms with E-state index in [0.29, 0.717) is 5.41 Å². The molecule has 1 fully saturated rings. The lowest BCUT2D eigenvalue weighted by molar-refractivity contribution is 0.293. The first-order chi connectivity index (χ1) is 6.17. The van der Waals surface area contributed by atoms with Crippen LogP contribution in [0, 0.1) is 5.41 Å². The Kier molecular flexibility index (Phi) is 2.02. The van der Waals surface area contributed by atoms with Gasteiger partial charge >= 0.3 is 0 Å². The summed E-state index contributed by atoms with van der Waals surface area (Å²) in [5.41, 5.74) is 1.68. The molecule has 1 N–H and O–H groups in total. The smallest absolute Gasteiger partial charge is 0.0749 e. The van der Waals surface area contributed by atoms with Crippen molar-refractivity contribution in [3.05, 3.63) is 12.4 Å². The highest BCUT2D eigenvalue weighted by molar-refractivity contribution is 5.42. The molecule has 2 rings (SSSR count). The Morgan fingerprint density at radius 2 is 2.38 bits per heavy atom. The Hall–Kier alpha value is -0.990. The minimum absolute atomic E-state index is 0.454. The molecule has 1 aliphatic heterocycles. The van der Waals surface area contributed by atoms with Gasteiger partial charge in [0.15, 0.2) is 0 Å². The van der Waals surface area contributed by atoms with Gasteiger partial charge in [0.25, 0.3) is 0 Å². The number of H-pyrrole nitrogens is 1. The minimum atomic E-state index is 0.454. The van der Waals surface area contributed by atoms with E-state index in [9.17, 15) is 0 Å². The van der Waals surface area contributed by atoms with E-state index in [0.717, 1.165) is 6.54 Å². The SMILES string of the molecule is CC1(C)CCCN(c2cn[nH]c2)C1. The van der Waals surface area contributed by atoms with Crippen LogP contribution in [0.15, 0.2) is 12.4 Å². The van der Waals surface area contributed by atoms with Crippen molar-refractivity contribution in [3.63, 3.8) is 0 Å². The quantitative estimate of drug-likeness (QED) is 0.715. The Bertz CT molecular complexity index is 264. The molecule has 0 spiro atoms. The molecule has 1 aromatic heterocycles. The van der Waals surface area contributed by atoms with E-state index in [4.69, 9.17) is 0 Å². The van der Waals surface area contributed by atoms with Gasteiger partial charge in [0, 0.05) is 19.3 Å². The number of rotatable bonds is 1. The Morgan fingerprint density at radius 1 is 1.54 bits per heavy atom. The average molecular weight is 179 g/mol. The predicted octanol–water partition coefficient (Wildman–Crippen LogP) is 2.04. The van der Waals surface area contributed by atoms with E-state index in [1.807, 2.05) is 12.4 Å². The molecule has 0 unspecified atom stereocenters. The van der Waals surface area contributed by atoms with Gasteiger partial charge in [0.2, 0.25) is 0 Å². The summed E-state index contributed by atoms with van der Waals surface area (Å²) in [6, 6.07) is 0. The number of hydrogen-bond acceptors (Lipinski definition) is 2. The summed E-state index contributed by atoms with van der Waals surface area (Å²) in [5, 5.41) is 6.84. The number of aromatic nitrogens is 2. The van der Waals surface area contributed by atoms with Crippen molar-refractivity contribution in [2.24, 2.45) is 5.41 Å². The average Bonchev–Trinajstić information content (AvgIpc) is 2.53. The second kappa shape index (κ2) is 3.05. The molecule has 0 saturated carbocycles. The van der Waals surface area contributed by atoms with E-state index in [-0.39, 0.29) is 0 Å². The highest BCUT2D eigenvalue weighted by atomic mass is 15.2. The molecule has 3 heteroatoms. The number of nitrogens with one attached hydrogen (secondary N) is 1. The second-order valence-electron chi connectivity index (χ2n) is 4.65. The van der Waals surface area contributed by atoms with Crippen LogP contribution in [0.2, 0.25) is 0 Å². The zero-order valence-electron chi connectivity index (χ0n) is 8.38. The molecule has 0 aliphatic carbocycles. The molecular formula is C10H17N3. The molecule has 2 heterocycles. The third-order valence-corrected chi connectivity index (χ3v) is 2.75. The monoisotopic (exact) mass is 179 g/mol. The summed E-state index contributed by atoms with van der Waals surface area (Å²) in [5.74, 6) is 0. The largest absolute Gasteiger partial charge is 0.368 e. The van der Waals surface area contributed by atoms with Gasteiger partial charge in [-0.1, -0.05) is 13.8 Å². The summed E-state index contributed by atoms with van der Waals surface area (Å²) in [7, 11) is 0. The molecule has 0 radical (unpaired) electrons. The van der Waals surface area contributed by atoms with Crippen molar-refractivity contribution in [2.45, 2.75) is 26.7 Å². The van der Waals surface area contributed by atoms with Crippen molar-refractivity contribution >= 4 is 5.69 Å². The van der Waals surface area contributed by atoms with Crippen molar-refractivity contribution in [1.29, 1.82) is 0 Å². The highest BCUT2D eigenvalue weighted by Gasteiger charge is 2.26. The maximum absolute atomic E-state index is 3.98. The third-order valence-electron chi connectivity index (χ3n) is 2.75. The van der Waals surface area contributed by atoms with Gasteiger partial charge < -0.3 is 4.90 Å². The molecular weight excluding hydrogens is 162 g/mol. The summed E-state index contributed by atoms with van der Waals surface area (Å²) in [6.07, 6.45) is 6.50. The van der Waals surface area contributed by atoms with E-state index in [1.165, 1.54) is 25.1 Å².